The van der Waals surface area contributed by atoms with Crippen LogP contribution in [0.15, 0.2) is 53.0 Å². The van der Waals surface area contributed by atoms with Crippen molar-refractivity contribution in [2.24, 2.45) is 17.8 Å². The molecule has 0 aliphatic heterocycles. The summed E-state index contributed by atoms with van der Waals surface area (Å²) in [5.74, 6) is 3.92. The zero-order valence-corrected chi connectivity index (χ0v) is 17.4. The van der Waals surface area contributed by atoms with Gasteiger partial charge in [-0.25, -0.2) is 0 Å². The molecular weight excluding hydrogens is 398 g/mol. The van der Waals surface area contributed by atoms with E-state index in [9.17, 15) is 0 Å². The van der Waals surface area contributed by atoms with Crippen molar-refractivity contribution in [3.05, 3.63) is 64.1 Å². The zero-order valence-electron chi connectivity index (χ0n) is 15.8. The first-order valence-electron chi connectivity index (χ1n) is 10.4. The Morgan fingerprint density at radius 2 is 1.59 bits per heavy atom. The Morgan fingerprint density at radius 1 is 0.926 bits per heavy atom. The first kappa shape index (κ1) is 17.8. The second-order valence-electron chi connectivity index (χ2n) is 9.08. The van der Waals surface area contributed by atoms with Crippen LogP contribution in [0.4, 0.5) is 0 Å². The maximum absolute atomic E-state index is 6.19. The number of rotatable bonds is 6. The van der Waals surface area contributed by atoms with Gasteiger partial charge in [-0.05, 0) is 80.0 Å². The third-order valence-corrected chi connectivity index (χ3v) is 7.45. The van der Waals surface area contributed by atoms with Gasteiger partial charge in [-0.1, -0.05) is 46.3 Å². The lowest BCUT2D eigenvalue weighted by atomic mass is 9.53. The number of hydrogen-bond acceptors (Lipinski definition) is 2. The smallest absolute Gasteiger partial charge is 0.124 e. The molecule has 4 saturated carbocycles. The molecule has 2 aromatic carbocycles. The first-order valence-corrected chi connectivity index (χ1v) is 11.2. The fraction of sp³-hybridized carbons (Fsp3) is 0.500. The van der Waals surface area contributed by atoms with Gasteiger partial charge in [0.05, 0.1) is 0 Å². The summed E-state index contributed by atoms with van der Waals surface area (Å²) in [5.41, 5.74) is 2.85. The Kier molecular flexibility index (Phi) is 4.77. The summed E-state index contributed by atoms with van der Waals surface area (Å²) in [4.78, 5) is 0. The van der Waals surface area contributed by atoms with Crippen LogP contribution in [0.3, 0.4) is 0 Å². The van der Waals surface area contributed by atoms with Gasteiger partial charge in [0.2, 0.25) is 0 Å². The monoisotopic (exact) mass is 425 g/mol. The van der Waals surface area contributed by atoms with Gasteiger partial charge in [0, 0.05) is 22.1 Å². The van der Waals surface area contributed by atoms with Gasteiger partial charge in [0.25, 0.3) is 0 Å². The minimum absolute atomic E-state index is 0.383. The Labute approximate surface area is 170 Å². The predicted molar refractivity (Wildman–Crippen MR) is 113 cm³/mol. The highest BCUT2D eigenvalue weighted by atomic mass is 79.9. The van der Waals surface area contributed by atoms with Crippen molar-refractivity contribution in [3.63, 3.8) is 0 Å². The number of benzene rings is 2. The molecule has 2 nitrogen and oxygen atoms in total. The molecule has 0 saturated heterocycles. The second kappa shape index (κ2) is 7.25. The first-order chi connectivity index (χ1) is 13.2. The normalized spacial score (nSPS) is 31.2. The van der Waals surface area contributed by atoms with Crippen LogP contribution in [-0.4, -0.2) is 5.54 Å². The third-order valence-electron chi connectivity index (χ3n) is 6.95. The van der Waals surface area contributed by atoms with E-state index in [1.54, 1.807) is 0 Å². The summed E-state index contributed by atoms with van der Waals surface area (Å²) in [6.45, 7) is 1.52. The van der Waals surface area contributed by atoms with E-state index in [0.29, 0.717) is 12.1 Å². The van der Waals surface area contributed by atoms with Gasteiger partial charge in [0.15, 0.2) is 0 Å². The topological polar surface area (TPSA) is 21.3 Å². The Hall–Kier alpha value is -1.32. The molecule has 0 unspecified atom stereocenters. The van der Waals surface area contributed by atoms with E-state index in [1.165, 1.54) is 49.7 Å². The minimum atomic E-state index is 0.383. The molecule has 2 aromatic rings. The van der Waals surface area contributed by atoms with Crippen molar-refractivity contribution >= 4 is 15.9 Å². The Balaban J connectivity index is 1.29. The second-order valence-corrected chi connectivity index (χ2v) is 9.99. The van der Waals surface area contributed by atoms with Crippen molar-refractivity contribution < 1.29 is 4.74 Å². The molecule has 4 fully saturated rings. The molecule has 0 heterocycles. The van der Waals surface area contributed by atoms with Crippen LogP contribution < -0.4 is 10.1 Å². The molecule has 27 heavy (non-hydrogen) atoms. The zero-order chi connectivity index (χ0) is 18.3. The van der Waals surface area contributed by atoms with Crippen LogP contribution >= 0.6 is 15.9 Å². The SMILES string of the molecule is Brc1ccc(OCc2ccccc2)c(CNC23CC4CC(CC(C4)C2)C3)c1. The van der Waals surface area contributed by atoms with Crippen LogP contribution in [0.1, 0.15) is 49.7 Å². The highest BCUT2D eigenvalue weighted by Gasteiger charge is 2.50. The maximum atomic E-state index is 6.19. The molecule has 4 aliphatic rings. The average Bonchev–Trinajstić information content (AvgIpc) is 2.65. The maximum Gasteiger partial charge on any atom is 0.124 e. The summed E-state index contributed by atoms with van der Waals surface area (Å²) in [6.07, 6.45) is 8.61. The fourth-order valence-corrected chi connectivity index (χ4v) is 6.58. The van der Waals surface area contributed by atoms with Crippen LogP contribution in [0.2, 0.25) is 0 Å². The molecule has 0 spiro atoms. The van der Waals surface area contributed by atoms with Crippen molar-refractivity contribution in [1.82, 2.24) is 5.32 Å². The minimum Gasteiger partial charge on any atom is -0.489 e. The Morgan fingerprint density at radius 3 is 2.26 bits per heavy atom. The predicted octanol–water partition coefficient (Wildman–Crippen LogP) is 6.09. The molecule has 0 atom stereocenters. The van der Waals surface area contributed by atoms with Crippen molar-refractivity contribution in [1.29, 1.82) is 0 Å². The van der Waals surface area contributed by atoms with Crippen LogP contribution in [0.5, 0.6) is 5.75 Å². The number of nitrogens with one attached hydrogen (secondary N) is 1. The highest BCUT2D eigenvalue weighted by Crippen LogP contribution is 2.55. The molecule has 3 heteroatoms. The molecule has 0 radical (unpaired) electrons. The molecule has 6 rings (SSSR count). The summed E-state index contributed by atoms with van der Waals surface area (Å²) in [5, 5.41) is 4.01. The summed E-state index contributed by atoms with van der Waals surface area (Å²) in [6, 6.07) is 16.8. The van der Waals surface area contributed by atoms with Gasteiger partial charge in [-0.2, -0.15) is 0 Å². The summed E-state index contributed by atoms with van der Waals surface area (Å²) >= 11 is 3.64. The quantitative estimate of drug-likeness (QED) is 0.604. The molecule has 4 aliphatic carbocycles. The van der Waals surface area contributed by atoms with Gasteiger partial charge in [-0.3, -0.25) is 0 Å². The van der Waals surface area contributed by atoms with E-state index in [-0.39, 0.29) is 0 Å². The number of hydrogen-bond donors (Lipinski definition) is 1. The largest absolute Gasteiger partial charge is 0.489 e. The molecular formula is C24H28BrNO. The van der Waals surface area contributed by atoms with Crippen LogP contribution in [0.25, 0.3) is 0 Å². The van der Waals surface area contributed by atoms with Gasteiger partial charge < -0.3 is 10.1 Å². The Bertz CT molecular complexity index is 768. The van der Waals surface area contributed by atoms with Crippen molar-refractivity contribution in [2.75, 3.05) is 0 Å². The van der Waals surface area contributed by atoms with E-state index >= 15 is 0 Å². The van der Waals surface area contributed by atoms with E-state index in [0.717, 1.165) is 34.5 Å². The van der Waals surface area contributed by atoms with Gasteiger partial charge in [0.1, 0.15) is 12.4 Å². The van der Waals surface area contributed by atoms with E-state index < -0.39 is 0 Å². The van der Waals surface area contributed by atoms with Crippen LogP contribution in [-0.2, 0) is 13.2 Å². The molecule has 1 N–H and O–H groups in total. The standard InChI is InChI=1S/C24H28BrNO/c25-22-6-7-23(27-16-17-4-2-1-3-5-17)21(11-22)15-26-24-12-18-8-19(13-24)10-20(9-18)14-24/h1-7,11,18-20,26H,8-10,12-16H2. The lowest BCUT2D eigenvalue weighted by Crippen LogP contribution is -2.58. The fourth-order valence-electron chi connectivity index (χ4n) is 6.17. The van der Waals surface area contributed by atoms with E-state index in [4.69, 9.17) is 4.74 Å². The lowest BCUT2D eigenvalue weighted by Gasteiger charge is -2.57. The van der Waals surface area contributed by atoms with Crippen molar-refractivity contribution in [2.45, 2.75) is 57.2 Å². The molecule has 0 aromatic heterocycles. The number of halogens is 1. The van der Waals surface area contributed by atoms with E-state index in [1.807, 2.05) is 6.07 Å². The van der Waals surface area contributed by atoms with Gasteiger partial charge >= 0.3 is 0 Å². The highest BCUT2D eigenvalue weighted by molar-refractivity contribution is 9.10. The average molecular weight is 426 g/mol. The van der Waals surface area contributed by atoms with E-state index in [2.05, 4.69) is 63.7 Å². The van der Waals surface area contributed by atoms with Gasteiger partial charge in [-0.15, -0.1) is 0 Å². The van der Waals surface area contributed by atoms with Crippen molar-refractivity contribution in [3.8, 4) is 5.75 Å². The summed E-state index contributed by atoms with van der Waals surface area (Å²) < 4.78 is 7.31. The molecule has 0 amide bonds. The van der Waals surface area contributed by atoms with Crippen LogP contribution in [0, 0.1) is 17.8 Å². The molecule has 142 valence electrons. The molecule has 4 bridgehead atoms. The lowest BCUT2D eigenvalue weighted by molar-refractivity contribution is -0.0206. The number of ether oxygens (including phenoxy) is 1. The summed E-state index contributed by atoms with van der Waals surface area (Å²) in [7, 11) is 0. The third kappa shape index (κ3) is 3.82.